The monoisotopic (exact) mass is 364 g/mol. The van der Waals surface area contributed by atoms with Gasteiger partial charge in [-0.1, -0.05) is 71.8 Å². The number of hydrogen-bond acceptors (Lipinski definition) is 3. The fraction of sp³-hybridized carbons (Fsp3) is 0.136. The Kier molecular flexibility index (Phi) is 6.29. The smallest absolute Gasteiger partial charge is 0.128 e. The van der Waals surface area contributed by atoms with Gasteiger partial charge in [0.05, 0.1) is 12.8 Å². The molecule has 0 aliphatic heterocycles. The summed E-state index contributed by atoms with van der Waals surface area (Å²) in [6.45, 7) is 3.17. The Hall–Kier alpha value is -2.78. The van der Waals surface area contributed by atoms with E-state index < -0.39 is 0 Å². The lowest BCUT2D eigenvalue weighted by Crippen LogP contribution is -2.06. The highest BCUT2D eigenvalue weighted by Gasteiger charge is 2.02. The van der Waals surface area contributed by atoms with Gasteiger partial charge in [-0.15, -0.1) is 0 Å². The van der Waals surface area contributed by atoms with Crippen LogP contribution in [-0.4, -0.2) is 6.21 Å². The average molecular weight is 365 g/mol. The first-order valence-electron chi connectivity index (χ1n) is 8.49. The van der Waals surface area contributed by atoms with Crippen LogP contribution in [0.1, 0.15) is 22.3 Å². The molecular formula is C22H21ClN2O. The maximum Gasteiger partial charge on any atom is 0.128 e. The number of nitrogens with one attached hydrogen (secondary N) is 1. The molecule has 0 aliphatic rings. The van der Waals surface area contributed by atoms with Gasteiger partial charge >= 0.3 is 0 Å². The van der Waals surface area contributed by atoms with Gasteiger partial charge in [-0.25, -0.2) is 0 Å². The van der Waals surface area contributed by atoms with E-state index >= 15 is 0 Å². The SMILES string of the molecule is Cc1ccc(COc2ccccc2/C=N\NCc2ccccc2Cl)cc1. The van der Waals surface area contributed by atoms with Crippen LogP contribution in [0, 0.1) is 6.92 Å². The molecule has 0 radical (unpaired) electrons. The highest BCUT2D eigenvalue weighted by atomic mass is 35.5. The molecule has 0 heterocycles. The van der Waals surface area contributed by atoms with Gasteiger partial charge in [0.2, 0.25) is 0 Å². The predicted octanol–water partition coefficient (Wildman–Crippen LogP) is 5.35. The minimum absolute atomic E-state index is 0.526. The van der Waals surface area contributed by atoms with Crippen molar-refractivity contribution in [2.24, 2.45) is 5.10 Å². The average Bonchev–Trinajstić information content (AvgIpc) is 2.67. The molecule has 0 saturated heterocycles. The third-order valence-corrected chi connectivity index (χ3v) is 4.32. The van der Waals surface area contributed by atoms with Crippen LogP contribution < -0.4 is 10.2 Å². The van der Waals surface area contributed by atoms with Gasteiger partial charge in [0.25, 0.3) is 0 Å². The number of para-hydroxylation sites is 1. The lowest BCUT2D eigenvalue weighted by molar-refractivity contribution is 0.306. The molecule has 0 saturated carbocycles. The standard InChI is InChI=1S/C22H21ClN2O/c1-17-10-12-18(13-11-17)16-26-22-9-5-3-7-20(22)15-25-24-14-19-6-2-4-8-21(19)23/h2-13,15,24H,14,16H2,1H3/b25-15-. The summed E-state index contributed by atoms with van der Waals surface area (Å²) >= 11 is 6.14. The molecule has 0 bridgehead atoms. The first-order chi connectivity index (χ1) is 12.7. The zero-order valence-corrected chi connectivity index (χ0v) is 15.4. The van der Waals surface area contributed by atoms with E-state index in [1.807, 2.05) is 48.5 Å². The van der Waals surface area contributed by atoms with Gasteiger partial charge in [0.1, 0.15) is 12.4 Å². The van der Waals surface area contributed by atoms with Crippen molar-refractivity contribution < 1.29 is 4.74 Å². The zero-order valence-electron chi connectivity index (χ0n) is 14.7. The quantitative estimate of drug-likeness (QED) is 0.453. The van der Waals surface area contributed by atoms with Gasteiger partial charge in [-0.2, -0.15) is 5.10 Å². The summed E-state index contributed by atoms with van der Waals surface area (Å²) in [5.74, 6) is 0.802. The first-order valence-corrected chi connectivity index (χ1v) is 8.87. The van der Waals surface area contributed by atoms with Crippen molar-refractivity contribution in [1.29, 1.82) is 0 Å². The Bertz CT molecular complexity index is 875. The summed E-state index contributed by atoms with van der Waals surface area (Å²) in [6.07, 6.45) is 1.77. The summed E-state index contributed by atoms with van der Waals surface area (Å²) in [5, 5.41) is 5.02. The molecule has 0 fully saturated rings. The minimum atomic E-state index is 0.526. The summed E-state index contributed by atoms with van der Waals surface area (Å²) in [6, 6.07) is 23.9. The number of nitrogens with zero attached hydrogens (tertiary/aromatic N) is 1. The number of ether oxygens (including phenoxy) is 1. The zero-order chi connectivity index (χ0) is 18.2. The molecule has 0 spiro atoms. The van der Waals surface area contributed by atoms with Crippen LogP contribution in [0.3, 0.4) is 0 Å². The van der Waals surface area contributed by atoms with Crippen molar-refractivity contribution >= 4 is 17.8 Å². The lowest BCUT2D eigenvalue weighted by atomic mass is 10.1. The molecule has 1 N–H and O–H groups in total. The molecule has 132 valence electrons. The number of rotatable bonds is 7. The molecule has 3 nitrogen and oxygen atoms in total. The third kappa shape index (κ3) is 5.11. The largest absolute Gasteiger partial charge is 0.488 e. The van der Waals surface area contributed by atoms with Gasteiger partial charge < -0.3 is 10.2 Å². The molecule has 0 unspecified atom stereocenters. The topological polar surface area (TPSA) is 33.6 Å². The Morgan fingerprint density at radius 2 is 1.69 bits per heavy atom. The molecule has 4 heteroatoms. The van der Waals surface area contributed by atoms with Gasteiger partial charge in [-0.3, -0.25) is 0 Å². The summed E-state index contributed by atoms with van der Waals surface area (Å²) < 4.78 is 5.96. The number of aryl methyl sites for hydroxylation is 1. The fourth-order valence-corrected chi connectivity index (χ4v) is 2.65. The molecule has 3 aromatic carbocycles. The van der Waals surface area contributed by atoms with Gasteiger partial charge in [-0.05, 0) is 36.2 Å². The third-order valence-electron chi connectivity index (χ3n) is 3.96. The molecule has 0 aromatic heterocycles. The highest BCUT2D eigenvalue weighted by molar-refractivity contribution is 6.31. The molecule has 0 atom stereocenters. The first kappa shape index (κ1) is 18.0. The van der Waals surface area contributed by atoms with Crippen molar-refractivity contribution in [1.82, 2.24) is 5.43 Å². The maximum absolute atomic E-state index is 6.14. The van der Waals surface area contributed by atoms with E-state index in [1.54, 1.807) is 6.21 Å². The number of hydrazone groups is 1. The second-order valence-electron chi connectivity index (χ2n) is 6.00. The Morgan fingerprint density at radius 1 is 0.962 bits per heavy atom. The summed E-state index contributed by atoms with van der Waals surface area (Å²) in [7, 11) is 0. The van der Waals surface area contributed by atoms with Gasteiger partial charge in [0, 0.05) is 10.6 Å². The van der Waals surface area contributed by atoms with Crippen molar-refractivity contribution in [3.8, 4) is 5.75 Å². The molecule has 26 heavy (non-hydrogen) atoms. The summed E-state index contributed by atoms with van der Waals surface area (Å²) in [5.41, 5.74) is 7.34. The van der Waals surface area contributed by atoms with E-state index in [-0.39, 0.29) is 0 Å². The molecule has 0 aliphatic carbocycles. The Labute approximate surface area is 159 Å². The highest BCUT2D eigenvalue weighted by Crippen LogP contribution is 2.18. The van der Waals surface area contributed by atoms with E-state index in [1.165, 1.54) is 5.56 Å². The molecule has 0 amide bonds. The summed E-state index contributed by atoms with van der Waals surface area (Å²) in [4.78, 5) is 0. The van der Waals surface area contributed by atoms with E-state index in [9.17, 15) is 0 Å². The van der Waals surface area contributed by atoms with Crippen LogP contribution in [0.4, 0.5) is 0 Å². The van der Waals surface area contributed by atoms with Crippen LogP contribution in [0.5, 0.6) is 5.75 Å². The van der Waals surface area contributed by atoms with Crippen molar-refractivity contribution in [2.45, 2.75) is 20.1 Å². The number of benzene rings is 3. The molecule has 3 rings (SSSR count). The van der Waals surface area contributed by atoms with E-state index in [4.69, 9.17) is 16.3 Å². The van der Waals surface area contributed by atoms with Crippen LogP contribution in [0.15, 0.2) is 77.9 Å². The van der Waals surface area contributed by atoms with Crippen LogP contribution in [0.2, 0.25) is 5.02 Å². The second kappa shape index (κ2) is 9.07. The Balaban J connectivity index is 1.59. The Morgan fingerprint density at radius 3 is 2.50 bits per heavy atom. The predicted molar refractivity (Wildman–Crippen MR) is 108 cm³/mol. The maximum atomic E-state index is 6.14. The van der Waals surface area contributed by atoms with E-state index in [2.05, 4.69) is 41.7 Å². The lowest BCUT2D eigenvalue weighted by Gasteiger charge is -2.09. The van der Waals surface area contributed by atoms with Crippen LogP contribution in [0.25, 0.3) is 0 Å². The number of halogens is 1. The van der Waals surface area contributed by atoms with Gasteiger partial charge in [0.15, 0.2) is 0 Å². The normalized spacial score (nSPS) is 10.8. The van der Waals surface area contributed by atoms with Crippen molar-refractivity contribution in [2.75, 3.05) is 0 Å². The van der Waals surface area contributed by atoms with Crippen molar-refractivity contribution in [3.63, 3.8) is 0 Å². The van der Waals surface area contributed by atoms with E-state index in [0.29, 0.717) is 13.2 Å². The minimum Gasteiger partial charge on any atom is -0.488 e. The fourth-order valence-electron chi connectivity index (χ4n) is 2.45. The van der Waals surface area contributed by atoms with Crippen LogP contribution >= 0.6 is 11.6 Å². The van der Waals surface area contributed by atoms with Crippen LogP contribution in [-0.2, 0) is 13.2 Å². The molecular weight excluding hydrogens is 344 g/mol. The van der Waals surface area contributed by atoms with Crippen molar-refractivity contribution in [3.05, 3.63) is 100 Å². The number of hydrogen-bond donors (Lipinski definition) is 1. The van der Waals surface area contributed by atoms with E-state index in [0.717, 1.165) is 27.5 Å². The molecule has 3 aromatic rings. The second-order valence-corrected chi connectivity index (χ2v) is 6.40.